The fraction of sp³-hybridized carbons (Fsp3) is 0.543. The SMILES string of the molecule is CC[C@H]1O[C@@H](n2cnc3c(=O)[nH]c(N)nc32)C[C@H]1OP(O)(=S)OC[C@H]1O[C@@H](n2cc(C)c(N)nc2=O)C[C@H]1OP(O)(=S)OC[C@H]1O[C@@H](n2cnc3c(=O)[nH]c(N)nc32)C[C@H]1OP(O)(=S)OC[C@H]1O[C@@H](n2cc(C)c(N)nc2=O)C[C@H]1OP(O)(=S)O[C@H]1O[C@@H](n2cnc3c(=O)[nH]c(N)nc32)C[C@H]1OP(O)(=S)O[C@H]1O[C@@H](n2cc(C)c(N)nc2=O)C[C@H]1OP(=O)(O)OC[C@H]1O[C@@H](n2cnc3c(=O)[nH]c(N)nc32)C[C@H]1OP(=O)(O)OC. The molecule has 25 N–H and O–H groups in total. The third kappa shape index (κ3) is 24.1. The molecule has 7 saturated heterocycles. The van der Waals surface area contributed by atoms with Crippen molar-refractivity contribution in [1.82, 2.24) is 107 Å². The number of nitrogens with two attached hydrogens (primary N) is 7. The van der Waals surface area contributed by atoms with Crippen molar-refractivity contribution in [1.29, 1.82) is 0 Å². The van der Waals surface area contributed by atoms with Crippen molar-refractivity contribution in [3.05, 3.63) is 133 Å². The number of H-pyrrole nitrogens is 4. The molecule has 148 heavy (non-hydrogen) atoms. The molecule has 7 fully saturated rings. The maximum atomic E-state index is 14.4. The van der Waals surface area contributed by atoms with Crippen LogP contribution in [-0.2, 0) is 165 Å². The molecule has 66 nitrogen and oxygen atoms in total. The van der Waals surface area contributed by atoms with Crippen molar-refractivity contribution in [2.75, 3.05) is 73.7 Å². The number of ether oxygens (including phenoxy) is 7. The number of fused-ring (bicyclic) bond motifs is 4. The van der Waals surface area contributed by atoms with Gasteiger partial charge in [-0.15, -0.1) is 0 Å². The van der Waals surface area contributed by atoms with E-state index in [0.29, 0.717) is 12.0 Å². The zero-order valence-corrected chi connectivity index (χ0v) is 87.1. The Kier molecular flexibility index (Phi) is 31.4. The number of nitrogens with zero attached hydrogens (tertiary/aromatic N) is 18. The van der Waals surface area contributed by atoms with Gasteiger partial charge in [0.05, 0.1) is 82.3 Å². The largest absolute Gasteiger partial charge is 0.472 e. The van der Waals surface area contributed by atoms with Crippen LogP contribution in [0.2, 0.25) is 0 Å². The van der Waals surface area contributed by atoms with Gasteiger partial charge < -0.3 is 139 Å². The van der Waals surface area contributed by atoms with E-state index in [1.54, 1.807) is 13.8 Å². The number of hydrogen-bond donors (Lipinski definition) is 18. The first kappa shape index (κ1) is 109. The van der Waals surface area contributed by atoms with Crippen LogP contribution >= 0.6 is 49.2 Å². The van der Waals surface area contributed by atoms with Crippen molar-refractivity contribution in [3.8, 4) is 0 Å². The Bertz CT molecular complexity index is 7820. The van der Waals surface area contributed by atoms with Gasteiger partial charge in [-0.05, 0) is 86.2 Å². The fourth-order valence-electron chi connectivity index (χ4n) is 17.1. The van der Waals surface area contributed by atoms with E-state index in [2.05, 4.69) is 79.3 Å². The number of nitrogen functional groups attached to an aromatic ring is 7. The number of imidazole rings is 4. The molecule has 11 aromatic heterocycles. The first-order chi connectivity index (χ1) is 69.7. The number of aromatic nitrogens is 22. The molecule has 7 aliphatic heterocycles. The second-order valence-corrected chi connectivity index (χ2v) is 50.9. The highest BCUT2D eigenvalue weighted by Crippen LogP contribution is 2.61. The molecule has 18 heterocycles. The van der Waals surface area contributed by atoms with Gasteiger partial charge in [0.25, 0.3) is 22.2 Å². The van der Waals surface area contributed by atoms with E-state index in [4.69, 9.17) is 191 Å². The van der Waals surface area contributed by atoms with Gasteiger partial charge in [0.2, 0.25) is 23.8 Å². The highest BCUT2D eigenvalue weighted by atomic mass is 32.5. The van der Waals surface area contributed by atoms with Crippen LogP contribution in [0.4, 0.5) is 41.2 Å². The molecule has 0 aromatic carbocycles. The number of rotatable bonds is 39. The molecule has 0 aliphatic carbocycles. The summed E-state index contributed by atoms with van der Waals surface area (Å²) in [5.41, 5.74) is 35.7. The number of hydrogen-bond acceptors (Lipinski definition) is 53. The predicted molar refractivity (Wildman–Crippen MR) is 522 cm³/mol. The monoisotopic (exact) mass is 2310 g/mol. The second-order valence-electron chi connectivity index (χ2n) is 34.1. The Labute approximate surface area is 851 Å². The molecule has 7 unspecified atom stereocenters. The minimum atomic E-state index is -5.60. The van der Waals surface area contributed by atoms with Crippen molar-refractivity contribution in [2.24, 2.45) is 0 Å². The summed E-state index contributed by atoms with van der Waals surface area (Å²) in [6.45, 7) is -21.2. The standard InChI is InChI=1S/C70H92N29O37P7S5/c1-6-28-29(7-43(121-28)96-21-78-47-54(96)85-64(74)89-58(47)100)130-139(111,144)118-18-37-31(9-40(122-37)93-14-25(2)51(71)82-68(93)104)131-140(112,145)119-19-38-32(11-45(125-38)98-23-80-49-56(98)87-66(76)91-60(49)102)132-141(113,146)120-20-39-33(10-41(123-39)94-15-26(3)52(72)83-69(94)105)133-142(114,147)136-63-35(13-46(127-63)99-24-81-50-57(99)88-67(77)92-61(50)103)134-143(115,148)135-62-34(12-42(126-62)95-16-27(4)53(73)84-70(95)106)129-138(109,110)117-17-36-30(128-137(107,108)116-5)8-44(124-36)97-22-79-48-55(97)86-65(75)90-59(48)101/h14-16,21-24,28-46,62-63H,6-13,17-20H2,1-5H3,(H,107,108)(H,109,110)(H,111,144)(H,112,145)(H,113,146)(H,114,147)(H,115,148)(H2,71,82,104)(H2,72,83,105)(H2,73,84,106)(H3,74,85,89,100)(H3,75,86,90,101)(H3,76,87,91,102)(H3,77,88,92,103)/t28-,29-,30-,31-,32-,33-,34-,35-,36-,37-,38-,39-,40-,41-,42-,43-,44-,45-,46-,62-,63-,139?,140?,141?,142?,143?/m1/s1. The number of anilines is 7. The fourth-order valence-corrected chi connectivity index (χ4v) is 26.4. The summed E-state index contributed by atoms with van der Waals surface area (Å²) in [4.78, 5) is 231. The number of phosphoric acid groups is 2. The van der Waals surface area contributed by atoms with E-state index in [1.807, 2.05) is 0 Å². The molecule has 0 bridgehead atoms. The average Bonchev–Trinajstić information content (AvgIpc) is 1.90. The molecule has 28 atom stereocenters. The molecule has 0 amide bonds. The Balaban J connectivity index is 0.583. The summed E-state index contributed by atoms with van der Waals surface area (Å²) in [6, 6.07) is 0. The summed E-state index contributed by atoms with van der Waals surface area (Å²) >= 11 is 28.4. The smallest absolute Gasteiger partial charge is 0.383 e. The first-order valence-electron chi connectivity index (χ1n) is 43.8. The molecule has 18 rings (SSSR count). The van der Waals surface area contributed by atoms with Gasteiger partial charge >= 0.3 is 66.3 Å². The average molecular weight is 2310 g/mol. The van der Waals surface area contributed by atoms with Crippen LogP contribution < -0.4 is 79.4 Å². The van der Waals surface area contributed by atoms with Crippen molar-refractivity contribution in [3.63, 3.8) is 0 Å². The lowest BCUT2D eigenvalue weighted by atomic mass is 10.1. The van der Waals surface area contributed by atoms with Gasteiger partial charge in [-0.3, -0.25) is 103 Å². The lowest BCUT2D eigenvalue weighted by Gasteiger charge is -2.30. The number of nitrogens with one attached hydrogen (secondary N) is 4. The van der Waals surface area contributed by atoms with Crippen LogP contribution in [0.15, 0.2) is 77.5 Å². The second kappa shape index (κ2) is 42.6. The van der Waals surface area contributed by atoms with E-state index in [9.17, 15) is 76.9 Å². The highest BCUT2D eigenvalue weighted by Gasteiger charge is 2.54. The van der Waals surface area contributed by atoms with E-state index < -0.39 is 270 Å². The first-order valence-corrected chi connectivity index (χ1v) is 59.8. The highest BCUT2D eigenvalue weighted by molar-refractivity contribution is 8.08. The molecule has 0 spiro atoms. The molecule has 0 saturated carbocycles. The van der Waals surface area contributed by atoms with E-state index in [-0.39, 0.29) is 117 Å². The molecular weight excluding hydrogens is 2220 g/mol. The van der Waals surface area contributed by atoms with E-state index in [1.165, 1.54) is 58.8 Å². The number of phosphoric ester groups is 2. The molecular formula is C70H92N29O37P7S5. The Morgan fingerprint density at radius 2 is 0.581 bits per heavy atom. The van der Waals surface area contributed by atoms with Crippen LogP contribution in [0, 0.1) is 20.8 Å². The van der Waals surface area contributed by atoms with Crippen molar-refractivity contribution < 1.29 is 140 Å². The summed E-state index contributed by atoms with van der Waals surface area (Å²) in [6.07, 6.45) is -24.9. The van der Waals surface area contributed by atoms with E-state index >= 15 is 0 Å². The lowest BCUT2D eigenvalue weighted by molar-refractivity contribution is -0.145. The predicted octanol–water partition coefficient (Wildman–Crippen LogP) is -0.645. The summed E-state index contributed by atoms with van der Waals surface area (Å²) in [5.74, 6) is -1.73. The minimum absolute atomic E-state index is 0.0252. The Morgan fingerprint density at radius 1 is 0.338 bits per heavy atom. The quantitative estimate of drug-likeness (QED) is 0.0213. The van der Waals surface area contributed by atoms with Crippen LogP contribution in [0.1, 0.15) is 119 Å². The van der Waals surface area contributed by atoms with Crippen LogP contribution in [0.25, 0.3) is 44.7 Å². The summed E-state index contributed by atoms with van der Waals surface area (Å²) in [5, 5.41) is 0. The Morgan fingerprint density at radius 3 is 0.892 bits per heavy atom. The third-order valence-corrected chi connectivity index (χ3v) is 33.9. The molecule has 7 aliphatic rings. The van der Waals surface area contributed by atoms with Gasteiger partial charge in [-0.2, -0.15) is 34.9 Å². The van der Waals surface area contributed by atoms with Gasteiger partial charge in [0, 0.05) is 87.3 Å². The zero-order valence-electron chi connectivity index (χ0n) is 76.8. The minimum Gasteiger partial charge on any atom is -0.383 e. The normalized spacial score (nSPS) is 29.3. The number of aromatic amines is 4. The van der Waals surface area contributed by atoms with Crippen LogP contribution in [0.5, 0.6) is 0 Å². The third-order valence-electron chi connectivity index (χ3n) is 24.1. The van der Waals surface area contributed by atoms with Crippen LogP contribution in [-0.4, -0.2) is 260 Å². The van der Waals surface area contributed by atoms with Crippen molar-refractivity contribution >= 4 is 194 Å². The van der Waals surface area contributed by atoms with Crippen LogP contribution in [0.3, 0.4) is 0 Å². The zero-order chi connectivity index (χ0) is 106. The van der Waals surface area contributed by atoms with Crippen molar-refractivity contribution in [2.45, 2.75) is 208 Å². The lowest BCUT2D eigenvalue weighted by Crippen LogP contribution is -2.32. The van der Waals surface area contributed by atoms with E-state index in [0.717, 1.165) is 38.0 Å². The Hall–Kier alpha value is -8.77. The van der Waals surface area contributed by atoms with Gasteiger partial charge in [0.1, 0.15) is 104 Å². The number of aryl methyl sites for hydroxylation is 3. The molecule has 11 aromatic rings. The van der Waals surface area contributed by atoms with Gasteiger partial charge in [0.15, 0.2) is 57.2 Å². The summed E-state index contributed by atoms with van der Waals surface area (Å²) < 4.78 is 162. The van der Waals surface area contributed by atoms with Gasteiger partial charge in [-0.1, -0.05) is 6.92 Å². The van der Waals surface area contributed by atoms with Gasteiger partial charge in [-0.25, -0.2) is 43.4 Å². The summed E-state index contributed by atoms with van der Waals surface area (Å²) in [7, 11) is -9.64. The molecule has 78 heteroatoms. The molecule has 804 valence electrons. The maximum absolute atomic E-state index is 14.4. The molecule has 0 radical (unpaired) electrons. The topological polar surface area (TPSA) is 911 Å². The maximum Gasteiger partial charge on any atom is 0.472 e.